The number of carboxylic acid groups (broad SMARTS) is 1. The third-order valence-corrected chi connectivity index (χ3v) is 6.86. The van der Waals surface area contributed by atoms with E-state index in [0.717, 1.165) is 25.0 Å². The average molecular weight is 508 g/mol. The Bertz CT molecular complexity index is 1290. The molecule has 194 valence electrons. The number of urea groups is 1. The normalized spacial score (nSPS) is 14.4. The van der Waals surface area contributed by atoms with Crippen LogP contribution in [0.5, 0.6) is 0 Å². The molecule has 0 saturated heterocycles. The van der Waals surface area contributed by atoms with Gasteiger partial charge in [-0.25, -0.2) is 18.4 Å². The summed E-state index contributed by atoms with van der Waals surface area (Å²) in [6.45, 7) is 4.29. The van der Waals surface area contributed by atoms with Crippen LogP contribution in [0, 0.1) is 23.5 Å². The van der Waals surface area contributed by atoms with E-state index in [9.17, 15) is 23.5 Å². The number of carboxylic acids is 1. The first-order valence-corrected chi connectivity index (χ1v) is 12.5. The molecule has 6 nitrogen and oxygen atoms in total. The minimum atomic E-state index is -1.19. The Morgan fingerprint density at radius 3 is 2.27 bits per heavy atom. The van der Waals surface area contributed by atoms with Crippen LogP contribution in [0.4, 0.5) is 30.6 Å². The molecule has 0 bridgehead atoms. The van der Waals surface area contributed by atoms with E-state index in [1.807, 2.05) is 0 Å². The molecular weight excluding hydrogens is 476 g/mol. The van der Waals surface area contributed by atoms with E-state index < -0.39 is 23.6 Å². The van der Waals surface area contributed by atoms with Gasteiger partial charge in [-0.05, 0) is 78.3 Å². The monoisotopic (exact) mass is 507 g/mol. The molecule has 0 radical (unpaired) electrons. The number of aromatic carboxylic acids is 1. The number of halogens is 2. The van der Waals surface area contributed by atoms with Gasteiger partial charge in [-0.15, -0.1) is 0 Å². The van der Waals surface area contributed by atoms with E-state index in [4.69, 9.17) is 0 Å². The number of rotatable bonds is 8. The van der Waals surface area contributed by atoms with Gasteiger partial charge in [0.15, 0.2) is 0 Å². The summed E-state index contributed by atoms with van der Waals surface area (Å²) in [6.07, 6.45) is 4.61. The highest BCUT2D eigenvalue weighted by molar-refractivity contribution is 6.03. The molecule has 4 rings (SSSR count). The first kappa shape index (κ1) is 26.1. The molecule has 0 spiro atoms. The molecule has 1 atom stereocenters. The van der Waals surface area contributed by atoms with E-state index >= 15 is 0 Å². The average Bonchev–Trinajstić information content (AvgIpc) is 3.38. The molecule has 3 aromatic rings. The quantitative estimate of drug-likeness (QED) is 0.253. The van der Waals surface area contributed by atoms with Gasteiger partial charge >= 0.3 is 12.0 Å². The summed E-state index contributed by atoms with van der Waals surface area (Å²) in [5, 5.41) is 18.5. The van der Waals surface area contributed by atoms with Crippen LogP contribution in [0.1, 0.15) is 49.9 Å². The lowest BCUT2D eigenvalue weighted by atomic mass is 9.88. The Morgan fingerprint density at radius 2 is 1.59 bits per heavy atom. The topological polar surface area (TPSA) is 90.5 Å². The van der Waals surface area contributed by atoms with Crippen LogP contribution >= 0.6 is 0 Å². The zero-order valence-corrected chi connectivity index (χ0v) is 20.9. The van der Waals surface area contributed by atoms with Crippen LogP contribution in [0.3, 0.4) is 0 Å². The van der Waals surface area contributed by atoms with Crippen molar-refractivity contribution in [1.29, 1.82) is 0 Å². The fourth-order valence-corrected chi connectivity index (χ4v) is 5.05. The number of carbonyl (C=O) groups excluding carboxylic acids is 1. The second kappa shape index (κ2) is 11.4. The number of anilines is 3. The van der Waals surface area contributed by atoms with E-state index in [-0.39, 0.29) is 22.9 Å². The number of carbonyl (C=O) groups is 2. The first-order valence-electron chi connectivity index (χ1n) is 12.5. The van der Waals surface area contributed by atoms with Crippen molar-refractivity contribution < 1.29 is 23.5 Å². The van der Waals surface area contributed by atoms with Crippen molar-refractivity contribution in [1.82, 2.24) is 0 Å². The van der Waals surface area contributed by atoms with E-state index in [1.54, 1.807) is 24.3 Å². The van der Waals surface area contributed by atoms with Crippen molar-refractivity contribution in [2.75, 3.05) is 16.0 Å². The van der Waals surface area contributed by atoms with Crippen molar-refractivity contribution in [3.8, 4) is 11.1 Å². The first-order chi connectivity index (χ1) is 17.7. The zero-order chi connectivity index (χ0) is 26.5. The molecule has 37 heavy (non-hydrogen) atoms. The number of hydrogen-bond donors (Lipinski definition) is 4. The largest absolute Gasteiger partial charge is 0.478 e. The van der Waals surface area contributed by atoms with Crippen molar-refractivity contribution in [2.45, 2.75) is 45.6 Å². The molecule has 1 aliphatic rings. The Kier molecular flexibility index (Phi) is 8.06. The highest BCUT2D eigenvalue weighted by atomic mass is 19.1. The SMILES string of the molecule is CC(C)C(Nc1ccc(-c2cc(F)ccc2C(=O)O)cc1NC(=O)Nc1ccccc1F)C1CCCC1. The predicted octanol–water partition coefficient (Wildman–Crippen LogP) is 7.60. The molecule has 0 heterocycles. The summed E-state index contributed by atoms with van der Waals surface area (Å²) in [4.78, 5) is 24.7. The summed E-state index contributed by atoms with van der Waals surface area (Å²) in [5.41, 5.74) is 1.59. The third-order valence-electron chi connectivity index (χ3n) is 6.86. The smallest absolute Gasteiger partial charge is 0.336 e. The van der Waals surface area contributed by atoms with Gasteiger partial charge in [0.25, 0.3) is 0 Å². The number of hydrogen-bond acceptors (Lipinski definition) is 3. The van der Waals surface area contributed by atoms with E-state index in [1.165, 1.54) is 37.1 Å². The fourth-order valence-electron chi connectivity index (χ4n) is 5.05. The predicted molar refractivity (Wildman–Crippen MR) is 142 cm³/mol. The lowest BCUT2D eigenvalue weighted by Crippen LogP contribution is -2.33. The summed E-state index contributed by atoms with van der Waals surface area (Å²) in [5.74, 6) is -1.52. The van der Waals surface area contributed by atoms with Gasteiger partial charge in [-0.2, -0.15) is 0 Å². The molecule has 3 aromatic carbocycles. The lowest BCUT2D eigenvalue weighted by Gasteiger charge is -2.30. The van der Waals surface area contributed by atoms with Crippen LogP contribution < -0.4 is 16.0 Å². The van der Waals surface area contributed by atoms with Gasteiger partial charge in [-0.1, -0.05) is 44.9 Å². The highest BCUT2D eigenvalue weighted by Gasteiger charge is 2.28. The minimum Gasteiger partial charge on any atom is -0.478 e. The fraction of sp³-hybridized carbons (Fsp3) is 0.310. The summed E-state index contributed by atoms with van der Waals surface area (Å²) in [7, 11) is 0. The van der Waals surface area contributed by atoms with Gasteiger partial charge in [0.1, 0.15) is 11.6 Å². The minimum absolute atomic E-state index is 0.0231. The lowest BCUT2D eigenvalue weighted by molar-refractivity contribution is 0.0697. The van der Waals surface area contributed by atoms with E-state index in [0.29, 0.717) is 28.8 Å². The summed E-state index contributed by atoms with van der Waals surface area (Å²) >= 11 is 0. The van der Waals surface area contributed by atoms with Crippen molar-refractivity contribution in [2.24, 2.45) is 11.8 Å². The molecule has 2 amide bonds. The summed E-state index contributed by atoms with van der Waals surface area (Å²) < 4.78 is 28.2. The van der Waals surface area contributed by atoms with Gasteiger partial charge in [0.05, 0.1) is 22.6 Å². The molecule has 1 fully saturated rings. The second-order valence-electron chi connectivity index (χ2n) is 9.77. The maximum Gasteiger partial charge on any atom is 0.336 e. The molecular formula is C29H31F2N3O3. The van der Waals surface area contributed by atoms with Gasteiger partial charge in [0, 0.05) is 6.04 Å². The Hall–Kier alpha value is -3.94. The van der Waals surface area contributed by atoms with Gasteiger partial charge < -0.3 is 21.1 Å². The van der Waals surface area contributed by atoms with Gasteiger partial charge in [-0.3, -0.25) is 0 Å². The molecule has 8 heteroatoms. The Labute approximate surface area is 215 Å². The van der Waals surface area contributed by atoms with Crippen molar-refractivity contribution in [3.63, 3.8) is 0 Å². The zero-order valence-electron chi connectivity index (χ0n) is 20.9. The number of amides is 2. The van der Waals surface area contributed by atoms with Crippen LogP contribution in [0.15, 0.2) is 60.7 Å². The number of nitrogens with one attached hydrogen (secondary N) is 3. The van der Waals surface area contributed by atoms with Crippen LogP contribution in [0.25, 0.3) is 11.1 Å². The number of para-hydroxylation sites is 1. The number of benzene rings is 3. The molecule has 1 saturated carbocycles. The van der Waals surface area contributed by atoms with Crippen LogP contribution in [0.2, 0.25) is 0 Å². The van der Waals surface area contributed by atoms with Gasteiger partial charge in [0.2, 0.25) is 0 Å². The summed E-state index contributed by atoms with van der Waals surface area (Å²) in [6, 6.07) is 13.9. The van der Waals surface area contributed by atoms with Crippen molar-refractivity contribution >= 4 is 29.1 Å². The van der Waals surface area contributed by atoms with Crippen molar-refractivity contribution in [3.05, 3.63) is 77.9 Å². The maximum atomic E-state index is 14.1. The standard InChI is InChI=1S/C29H31F2N3O3/c1-17(2)27(18-7-3-4-8-18)32-25-14-11-19(22-16-20(30)12-13-21(22)28(35)36)15-26(25)34-29(37)33-24-10-6-5-9-23(24)31/h5-6,9-18,27,32H,3-4,7-8H2,1-2H3,(H,35,36)(H2,33,34,37). The molecule has 1 unspecified atom stereocenters. The molecule has 4 N–H and O–H groups in total. The van der Waals surface area contributed by atoms with Crippen LogP contribution in [-0.4, -0.2) is 23.1 Å². The second-order valence-corrected chi connectivity index (χ2v) is 9.77. The third kappa shape index (κ3) is 6.25. The van der Waals surface area contributed by atoms with E-state index in [2.05, 4.69) is 29.8 Å². The van der Waals surface area contributed by atoms with Crippen LogP contribution in [-0.2, 0) is 0 Å². The molecule has 1 aliphatic carbocycles. The maximum absolute atomic E-state index is 14.1. The Morgan fingerprint density at radius 1 is 0.892 bits per heavy atom. The highest BCUT2D eigenvalue weighted by Crippen LogP contribution is 2.36. The Balaban J connectivity index is 1.71. The molecule has 0 aromatic heterocycles. The molecule has 0 aliphatic heterocycles.